The molecule has 1 amide bonds. The third kappa shape index (κ3) is 3.72. The lowest BCUT2D eigenvalue weighted by Gasteiger charge is -2.28. The Morgan fingerprint density at radius 1 is 1.07 bits per heavy atom. The first-order valence-corrected chi connectivity index (χ1v) is 10.9. The minimum atomic E-state index is 0.00741. The first-order chi connectivity index (χ1) is 14.3. The maximum atomic E-state index is 13.4. The van der Waals surface area contributed by atoms with Crippen LogP contribution in [-0.2, 0) is 6.54 Å². The van der Waals surface area contributed by atoms with Gasteiger partial charge in [-0.15, -0.1) is 11.3 Å². The van der Waals surface area contributed by atoms with Crippen LogP contribution in [0.25, 0.3) is 10.6 Å². The van der Waals surface area contributed by atoms with E-state index in [0.29, 0.717) is 12.2 Å². The molecule has 2 aliphatic rings. The highest BCUT2D eigenvalue weighted by Crippen LogP contribution is 2.34. The van der Waals surface area contributed by atoms with Crippen molar-refractivity contribution >= 4 is 17.2 Å². The molecular weight excluding hydrogens is 384 g/mol. The Hall–Kier alpha value is -2.86. The Balaban J connectivity index is 1.41. The largest absolute Gasteiger partial charge is 0.454 e. The van der Waals surface area contributed by atoms with E-state index in [1.54, 1.807) is 0 Å². The van der Waals surface area contributed by atoms with Gasteiger partial charge in [0.05, 0.1) is 0 Å². The molecule has 1 aliphatic carbocycles. The Morgan fingerprint density at radius 3 is 2.69 bits per heavy atom. The maximum absolute atomic E-state index is 13.4. The summed E-state index contributed by atoms with van der Waals surface area (Å²) in [7, 11) is 0. The number of fused-ring (bicyclic) bond motifs is 1. The number of hydrogen-bond donors (Lipinski definition) is 0. The maximum Gasteiger partial charge on any atom is 0.273 e. The molecule has 1 aromatic heterocycles. The number of carbonyl (C=O) groups is 1. The van der Waals surface area contributed by atoms with E-state index in [-0.39, 0.29) is 18.7 Å². The summed E-state index contributed by atoms with van der Waals surface area (Å²) in [6.07, 6.45) is 4.43. The molecule has 1 fully saturated rings. The van der Waals surface area contributed by atoms with Crippen LogP contribution in [0.1, 0.15) is 41.7 Å². The van der Waals surface area contributed by atoms with Gasteiger partial charge in [-0.25, -0.2) is 4.98 Å². The quantitative estimate of drug-likeness (QED) is 0.590. The van der Waals surface area contributed by atoms with E-state index in [0.717, 1.165) is 40.5 Å². The van der Waals surface area contributed by atoms with Crippen molar-refractivity contribution in [2.75, 3.05) is 6.79 Å². The highest BCUT2D eigenvalue weighted by Gasteiger charge is 2.29. The zero-order valence-corrected chi connectivity index (χ0v) is 16.9. The summed E-state index contributed by atoms with van der Waals surface area (Å²) in [6.45, 7) is 0.809. The number of hydrogen-bond acceptors (Lipinski definition) is 5. The highest BCUT2D eigenvalue weighted by molar-refractivity contribution is 7.13. The molecule has 1 aliphatic heterocycles. The lowest BCUT2D eigenvalue weighted by Crippen LogP contribution is -2.38. The summed E-state index contributed by atoms with van der Waals surface area (Å²) in [5.74, 6) is 1.52. The van der Waals surface area contributed by atoms with Gasteiger partial charge < -0.3 is 14.4 Å². The standard InChI is InChI=1S/C23H22N2O3S/c26-23(19-14-29-22(24-19)17-6-2-1-3-7-17)25(18-8-4-5-9-18)13-16-10-11-20-21(12-16)28-15-27-20/h1-3,6-7,10-12,14,18H,4-5,8-9,13,15H2. The second kappa shape index (κ2) is 7.87. The summed E-state index contributed by atoms with van der Waals surface area (Å²) < 4.78 is 10.9. The molecule has 3 aromatic rings. The van der Waals surface area contributed by atoms with E-state index >= 15 is 0 Å². The van der Waals surface area contributed by atoms with Crippen molar-refractivity contribution in [1.29, 1.82) is 0 Å². The Bertz CT molecular complexity index is 1010. The van der Waals surface area contributed by atoms with Crippen LogP contribution in [0.4, 0.5) is 0 Å². The van der Waals surface area contributed by atoms with Gasteiger partial charge >= 0.3 is 0 Å². The van der Waals surface area contributed by atoms with Crippen LogP contribution in [0.3, 0.4) is 0 Å². The number of nitrogens with zero attached hydrogens (tertiary/aromatic N) is 2. The van der Waals surface area contributed by atoms with Gasteiger partial charge in [-0.05, 0) is 30.5 Å². The third-order valence-corrected chi connectivity index (χ3v) is 6.45. The van der Waals surface area contributed by atoms with Gasteiger partial charge in [0.1, 0.15) is 10.7 Å². The molecule has 0 radical (unpaired) electrons. The van der Waals surface area contributed by atoms with E-state index in [9.17, 15) is 4.79 Å². The molecule has 0 atom stereocenters. The van der Waals surface area contributed by atoms with Crippen LogP contribution in [0.5, 0.6) is 11.5 Å². The molecule has 148 valence electrons. The van der Waals surface area contributed by atoms with Gasteiger partial charge in [-0.1, -0.05) is 49.2 Å². The molecule has 0 N–H and O–H groups in total. The zero-order valence-electron chi connectivity index (χ0n) is 16.0. The Kier molecular flexibility index (Phi) is 4.94. The smallest absolute Gasteiger partial charge is 0.273 e. The van der Waals surface area contributed by atoms with Crippen molar-refractivity contribution in [3.05, 3.63) is 65.2 Å². The van der Waals surface area contributed by atoms with Gasteiger partial charge in [0.15, 0.2) is 11.5 Å². The average Bonchev–Trinajstić information content (AvgIpc) is 3.53. The van der Waals surface area contributed by atoms with E-state index in [4.69, 9.17) is 9.47 Å². The van der Waals surface area contributed by atoms with Crippen LogP contribution in [0.2, 0.25) is 0 Å². The second-order valence-corrected chi connectivity index (χ2v) is 8.32. The van der Waals surface area contributed by atoms with Crippen LogP contribution in [-0.4, -0.2) is 28.6 Å². The average molecular weight is 407 g/mol. The topological polar surface area (TPSA) is 51.7 Å². The van der Waals surface area contributed by atoms with E-state index in [2.05, 4.69) is 4.98 Å². The van der Waals surface area contributed by atoms with Crippen molar-refractivity contribution in [2.45, 2.75) is 38.3 Å². The molecule has 6 heteroatoms. The van der Waals surface area contributed by atoms with Crippen molar-refractivity contribution in [3.63, 3.8) is 0 Å². The number of carbonyl (C=O) groups excluding carboxylic acids is 1. The van der Waals surface area contributed by atoms with Crippen molar-refractivity contribution in [2.24, 2.45) is 0 Å². The summed E-state index contributed by atoms with van der Waals surface area (Å²) in [5.41, 5.74) is 2.62. The minimum Gasteiger partial charge on any atom is -0.454 e. The molecule has 5 nitrogen and oxygen atoms in total. The molecule has 2 heterocycles. The van der Waals surface area contributed by atoms with Crippen LogP contribution < -0.4 is 9.47 Å². The van der Waals surface area contributed by atoms with Gasteiger partial charge in [0.2, 0.25) is 6.79 Å². The van der Waals surface area contributed by atoms with Gasteiger partial charge in [-0.2, -0.15) is 0 Å². The highest BCUT2D eigenvalue weighted by atomic mass is 32.1. The van der Waals surface area contributed by atoms with E-state index < -0.39 is 0 Å². The second-order valence-electron chi connectivity index (χ2n) is 7.46. The number of aromatic nitrogens is 1. The molecule has 29 heavy (non-hydrogen) atoms. The Labute approximate surface area is 173 Å². The first kappa shape index (κ1) is 18.2. The molecular formula is C23H22N2O3S. The predicted octanol–water partition coefficient (Wildman–Crippen LogP) is 5.12. The van der Waals surface area contributed by atoms with Gasteiger partial charge in [0, 0.05) is 23.5 Å². The summed E-state index contributed by atoms with van der Waals surface area (Å²) in [6, 6.07) is 16.2. The molecule has 5 rings (SSSR count). The molecule has 0 unspecified atom stereocenters. The molecule has 0 bridgehead atoms. The summed E-state index contributed by atoms with van der Waals surface area (Å²) in [5, 5.41) is 2.76. The fourth-order valence-corrected chi connectivity index (χ4v) is 4.85. The van der Waals surface area contributed by atoms with Crippen molar-refractivity contribution in [3.8, 4) is 22.1 Å². The fraction of sp³-hybridized carbons (Fsp3) is 0.304. The lowest BCUT2D eigenvalue weighted by atomic mass is 10.1. The van der Waals surface area contributed by atoms with E-state index in [1.165, 1.54) is 24.2 Å². The van der Waals surface area contributed by atoms with Crippen molar-refractivity contribution in [1.82, 2.24) is 9.88 Å². The van der Waals surface area contributed by atoms with Crippen molar-refractivity contribution < 1.29 is 14.3 Å². The van der Waals surface area contributed by atoms with Crippen LogP contribution in [0.15, 0.2) is 53.9 Å². The van der Waals surface area contributed by atoms with Crippen LogP contribution >= 0.6 is 11.3 Å². The minimum absolute atomic E-state index is 0.00741. The summed E-state index contributed by atoms with van der Waals surface area (Å²) >= 11 is 1.52. The van der Waals surface area contributed by atoms with Crippen LogP contribution in [0, 0.1) is 0 Å². The number of benzene rings is 2. The molecule has 2 aromatic carbocycles. The number of ether oxygens (including phenoxy) is 2. The van der Waals surface area contributed by atoms with Gasteiger partial charge in [0.25, 0.3) is 5.91 Å². The lowest BCUT2D eigenvalue weighted by molar-refractivity contribution is 0.0659. The SMILES string of the molecule is O=C(c1csc(-c2ccccc2)n1)N(Cc1ccc2c(c1)OCO2)C1CCCC1. The predicted molar refractivity (Wildman–Crippen MR) is 112 cm³/mol. The van der Waals surface area contributed by atoms with E-state index in [1.807, 2.05) is 58.8 Å². The number of rotatable bonds is 5. The third-order valence-electron chi connectivity index (χ3n) is 5.56. The molecule has 0 saturated heterocycles. The molecule has 0 spiro atoms. The molecule has 1 saturated carbocycles. The monoisotopic (exact) mass is 406 g/mol. The number of thiazole rings is 1. The Morgan fingerprint density at radius 2 is 1.86 bits per heavy atom. The fourth-order valence-electron chi connectivity index (χ4n) is 4.05. The summed E-state index contributed by atoms with van der Waals surface area (Å²) in [4.78, 5) is 20.1. The number of amides is 1. The first-order valence-electron chi connectivity index (χ1n) is 9.98. The van der Waals surface area contributed by atoms with Gasteiger partial charge in [-0.3, -0.25) is 4.79 Å². The normalized spacial score (nSPS) is 15.6. The zero-order chi connectivity index (χ0) is 19.6.